The first-order chi connectivity index (χ1) is 8.94. The molecule has 114 valence electrons. The van der Waals surface area contributed by atoms with Gasteiger partial charge in [-0.3, -0.25) is 0 Å². The van der Waals surface area contributed by atoms with Gasteiger partial charge in [0.15, 0.2) is 11.5 Å². The molecule has 1 rings (SSSR count). The van der Waals surface area contributed by atoms with E-state index in [1.807, 2.05) is 13.0 Å². The zero-order valence-corrected chi connectivity index (χ0v) is 16.4. The van der Waals surface area contributed by atoms with Gasteiger partial charge in [0.25, 0.3) is 0 Å². The van der Waals surface area contributed by atoms with Crippen LogP contribution in [0.2, 0.25) is 44.3 Å². The van der Waals surface area contributed by atoms with Crippen molar-refractivity contribution in [3.05, 3.63) is 16.7 Å². The highest BCUT2D eigenvalue weighted by atomic mass is 35.5. The molecule has 0 aliphatic rings. The Balaban J connectivity index is 3.44. The topological polar surface area (TPSA) is 27.7 Å². The zero-order chi connectivity index (χ0) is 15.7. The fourth-order valence-electron chi connectivity index (χ4n) is 1.71. The van der Waals surface area contributed by atoms with E-state index in [-0.39, 0.29) is 0 Å². The number of hydrogen-bond donors (Lipinski definition) is 0. The van der Waals surface area contributed by atoms with Crippen LogP contribution in [0.15, 0.2) is 6.07 Å². The molecule has 0 N–H and O–H groups in total. The van der Waals surface area contributed by atoms with Gasteiger partial charge in [-0.25, -0.2) is 0 Å². The van der Waals surface area contributed by atoms with E-state index in [1.54, 1.807) is 7.11 Å². The van der Waals surface area contributed by atoms with Crippen LogP contribution in [0.25, 0.3) is 0 Å². The molecule has 0 aromatic heterocycles. The van der Waals surface area contributed by atoms with Gasteiger partial charge in [0.1, 0.15) is 5.75 Å². The van der Waals surface area contributed by atoms with Gasteiger partial charge in [0.05, 0.1) is 12.1 Å². The smallest absolute Gasteiger partial charge is 0.242 e. The van der Waals surface area contributed by atoms with Crippen molar-refractivity contribution in [3.8, 4) is 17.2 Å². The van der Waals surface area contributed by atoms with Gasteiger partial charge in [-0.1, -0.05) is 11.6 Å². The second kappa shape index (κ2) is 5.99. The number of ether oxygens (including phenoxy) is 1. The molecular formula is C14H25ClO3Si2. The molecule has 0 radical (unpaired) electrons. The number of methoxy groups -OCH3 is 1. The number of benzene rings is 1. The molecule has 6 heteroatoms. The number of rotatable bonds is 5. The van der Waals surface area contributed by atoms with Gasteiger partial charge in [0, 0.05) is 0 Å². The van der Waals surface area contributed by atoms with E-state index in [0.717, 1.165) is 11.3 Å². The second-order valence-electron chi connectivity index (χ2n) is 6.80. The summed E-state index contributed by atoms with van der Waals surface area (Å²) in [6.07, 6.45) is 0. The van der Waals surface area contributed by atoms with Gasteiger partial charge in [-0.15, -0.1) is 0 Å². The van der Waals surface area contributed by atoms with Gasteiger partial charge < -0.3 is 13.6 Å². The van der Waals surface area contributed by atoms with Crippen molar-refractivity contribution in [1.29, 1.82) is 0 Å². The van der Waals surface area contributed by atoms with Crippen LogP contribution in [0.1, 0.15) is 5.56 Å². The van der Waals surface area contributed by atoms with E-state index < -0.39 is 16.6 Å². The summed E-state index contributed by atoms with van der Waals surface area (Å²) in [5.74, 6) is 1.96. The third-order valence-electron chi connectivity index (χ3n) is 2.35. The van der Waals surface area contributed by atoms with Crippen molar-refractivity contribution < 1.29 is 13.6 Å². The van der Waals surface area contributed by atoms with E-state index in [2.05, 4.69) is 39.3 Å². The normalized spacial score (nSPS) is 12.2. The van der Waals surface area contributed by atoms with E-state index in [9.17, 15) is 0 Å². The Morgan fingerprint density at radius 1 is 0.900 bits per heavy atom. The average Bonchev–Trinajstić information content (AvgIpc) is 2.22. The molecule has 0 spiro atoms. The monoisotopic (exact) mass is 332 g/mol. The molecule has 0 fully saturated rings. The first-order valence-corrected chi connectivity index (χ1v) is 13.9. The Morgan fingerprint density at radius 2 is 1.40 bits per heavy atom. The summed E-state index contributed by atoms with van der Waals surface area (Å²) < 4.78 is 17.8. The van der Waals surface area contributed by atoms with E-state index >= 15 is 0 Å². The predicted molar refractivity (Wildman–Crippen MR) is 90.7 cm³/mol. The van der Waals surface area contributed by atoms with Crippen molar-refractivity contribution in [2.75, 3.05) is 7.11 Å². The van der Waals surface area contributed by atoms with Crippen LogP contribution >= 0.6 is 11.6 Å². The molecule has 1 aromatic carbocycles. The molecule has 0 unspecified atom stereocenters. The summed E-state index contributed by atoms with van der Waals surface area (Å²) in [7, 11) is -1.93. The lowest BCUT2D eigenvalue weighted by Crippen LogP contribution is -2.32. The summed E-state index contributed by atoms with van der Waals surface area (Å²) in [4.78, 5) is 0. The van der Waals surface area contributed by atoms with Crippen LogP contribution in [0.3, 0.4) is 0 Å². The van der Waals surface area contributed by atoms with Crippen LogP contribution in [0.4, 0.5) is 0 Å². The van der Waals surface area contributed by atoms with Crippen LogP contribution < -0.4 is 13.6 Å². The fraction of sp³-hybridized carbons (Fsp3) is 0.571. The maximum absolute atomic E-state index is 6.34. The molecule has 0 aliphatic heterocycles. The SMILES string of the molecule is COc1c(Cl)c(C)cc(O[Si](C)(C)C)c1O[Si](C)(C)C. The maximum atomic E-state index is 6.34. The van der Waals surface area contributed by atoms with Crippen molar-refractivity contribution in [3.63, 3.8) is 0 Å². The third kappa shape index (κ3) is 4.72. The Hall–Kier alpha value is -0.656. The second-order valence-corrected chi connectivity index (χ2v) is 16.0. The van der Waals surface area contributed by atoms with Gasteiger partial charge in [0.2, 0.25) is 16.6 Å². The summed E-state index contributed by atoms with van der Waals surface area (Å²) >= 11 is 6.34. The van der Waals surface area contributed by atoms with Crippen LogP contribution in [0, 0.1) is 6.92 Å². The Labute approximate surface area is 129 Å². The number of hydrogen-bond acceptors (Lipinski definition) is 3. The van der Waals surface area contributed by atoms with Crippen LogP contribution in [-0.4, -0.2) is 23.7 Å². The molecule has 20 heavy (non-hydrogen) atoms. The number of halogens is 1. The fourth-order valence-corrected chi connectivity index (χ4v) is 3.54. The average molecular weight is 333 g/mol. The van der Waals surface area contributed by atoms with E-state index in [4.69, 9.17) is 25.2 Å². The maximum Gasteiger partial charge on any atom is 0.242 e. The first kappa shape index (κ1) is 17.4. The minimum atomic E-state index is -1.80. The van der Waals surface area contributed by atoms with Gasteiger partial charge in [-0.05, 0) is 57.8 Å². The number of aryl methyl sites for hydroxylation is 1. The molecule has 0 heterocycles. The minimum absolute atomic E-state index is 0.572. The summed E-state index contributed by atoms with van der Waals surface area (Å²) in [5, 5.41) is 0.587. The third-order valence-corrected chi connectivity index (χ3v) is 4.47. The molecule has 0 saturated carbocycles. The lowest BCUT2D eigenvalue weighted by atomic mass is 10.2. The van der Waals surface area contributed by atoms with Gasteiger partial charge >= 0.3 is 0 Å². The summed E-state index contributed by atoms with van der Waals surface area (Å²) in [6.45, 7) is 14.7. The van der Waals surface area contributed by atoms with Crippen LogP contribution in [0.5, 0.6) is 17.2 Å². The molecule has 0 aliphatic carbocycles. The van der Waals surface area contributed by atoms with Crippen molar-refractivity contribution in [2.45, 2.75) is 46.2 Å². The molecule has 0 saturated heterocycles. The van der Waals surface area contributed by atoms with E-state index in [1.165, 1.54) is 0 Å². The lowest BCUT2D eigenvalue weighted by molar-refractivity contribution is 0.383. The molecular weight excluding hydrogens is 308 g/mol. The van der Waals surface area contributed by atoms with Crippen molar-refractivity contribution in [1.82, 2.24) is 0 Å². The minimum Gasteiger partial charge on any atom is -0.542 e. The van der Waals surface area contributed by atoms with Crippen LogP contribution in [-0.2, 0) is 0 Å². The Morgan fingerprint density at radius 3 is 1.80 bits per heavy atom. The molecule has 1 aromatic rings. The summed E-state index contributed by atoms with van der Waals surface area (Å²) in [6, 6.07) is 1.94. The highest BCUT2D eigenvalue weighted by Gasteiger charge is 2.27. The highest BCUT2D eigenvalue weighted by Crippen LogP contribution is 2.46. The molecule has 0 atom stereocenters. The van der Waals surface area contributed by atoms with Crippen molar-refractivity contribution >= 4 is 28.2 Å². The Kier molecular flexibility index (Phi) is 5.21. The standard InChI is InChI=1S/C14H25ClO3Si2/c1-10-9-11(17-19(3,4)5)13(18-20(6,7)8)14(16-2)12(10)15/h9H,1-8H3. The first-order valence-electron chi connectivity index (χ1n) is 6.70. The van der Waals surface area contributed by atoms with Gasteiger partial charge in [-0.2, -0.15) is 0 Å². The molecule has 3 nitrogen and oxygen atoms in total. The Bertz CT molecular complexity index is 491. The predicted octanol–water partition coefficient (Wildman–Crippen LogP) is 5.08. The summed E-state index contributed by atoms with van der Waals surface area (Å²) in [5.41, 5.74) is 0.930. The zero-order valence-electron chi connectivity index (χ0n) is 13.7. The lowest BCUT2D eigenvalue weighted by Gasteiger charge is -2.28. The van der Waals surface area contributed by atoms with E-state index in [0.29, 0.717) is 16.5 Å². The molecule has 0 amide bonds. The quantitative estimate of drug-likeness (QED) is 0.703. The highest BCUT2D eigenvalue weighted by molar-refractivity contribution is 6.71. The largest absolute Gasteiger partial charge is 0.542 e. The van der Waals surface area contributed by atoms with Crippen molar-refractivity contribution in [2.24, 2.45) is 0 Å². The molecule has 0 bridgehead atoms.